The maximum absolute atomic E-state index is 3.49. The van der Waals surface area contributed by atoms with Gasteiger partial charge in [0.15, 0.2) is 0 Å². The summed E-state index contributed by atoms with van der Waals surface area (Å²) in [4.78, 5) is 2.47. The summed E-state index contributed by atoms with van der Waals surface area (Å²) in [7, 11) is 0. The number of anilines is 1. The maximum Gasteiger partial charge on any atom is 0.0838 e. The highest BCUT2D eigenvalue weighted by molar-refractivity contribution is 5.59. The Morgan fingerprint density at radius 1 is 1.33 bits per heavy atom. The Kier molecular flexibility index (Phi) is 1.21. The van der Waals surface area contributed by atoms with Crippen molar-refractivity contribution in [2.24, 2.45) is 0 Å². The average Bonchev–Trinajstić information content (AvgIpc) is 2.62. The van der Waals surface area contributed by atoms with Gasteiger partial charge in [-0.3, -0.25) is 5.32 Å². The van der Waals surface area contributed by atoms with E-state index in [4.69, 9.17) is 0 Å². The molecule has 1 N–H and O–H groups in total. The number of nitrogens with one attached hydrogen (secondary N) is 1. The molecule has 0 spiro atoms. The number of rotatable bonds is 0. The van der Waals surface area contributed by atoms with E-state index in [0.29, 0.717) is 6.17 Å². The summed E-state index contributed by atoms with van der Waals surface area (Å²) in [6.45, 7) is 2.31. The van der Waals surface area contributed by atoms with E-state index < -0.39 is 0 Å². The van der Waals surface area contributed by atoms with E-state index in [9.17, 15) is 0 Å². The number of para-hydroxylation sites is 1. The molecule has 2 heterocycles. The molecular weight excluding hydrogens is 148 g/mol. The molecule has 1 aromatic carbocycles. The molecule has 2 aliphatic heterocycles. The van der Waals surface area contributed by atoms with Crippen LogP contribution in [0.5, 0.6) is 0 Å². The summed E-state index contributed by atoms with van der Waals surface area (Å²) < 4.78 is 0. The van der Waals surface area contributed by atoms with Crippen LogP contribution in [0.25, 0.3) is 0 Å². The van der Waals surface area contributed by atoms with Gasteiger partial charge in [0, 0.05) is 25.2 Å². The standard InChI is InChI=1S/C10H12N2/c1-2-4-9-8(3-1)7-10-11-5-6-12(9)10/h1-4,10-11H,5-7H2. The number of hydrogen-bond acceptors (Lipinski definition) is 2. The van der Waals surface area contributed by atoms with Crippen LogP contribution in [0.3, 0.4) is 0 Å². The molecule has 1 atom stereocenters. The quantitative estimate of drug-likeness (QED) is 0.608. The molecule has 2 nitrogen and oxygen atoms in total. The first-order chi connectivity index (χ1) is 5.95. The molecule has 0 bridgehead atoms. The van der Waals surface area contributed by atoms with Crippen molar-refractivity contribution in [2.75, 3.05) is 18.0 Å². The van der Waals surface area contributed by atoms with Gasteiger partial charge in [0.05, 0.1) is 6.17 Å². The van der Waals surface area contributed by atoms with E-state index in [1.165, 1.54) is 24.2 Å². The maximum atomic E-state index is 3.49. The lowest BCUT2D eigenvalue weighted by Gasteiger charge is -2.17. The third-order valence-corrected chi connectivity index (χ3v) is 2.82. The molecule has 2 aliphatic rings. The van der Waals surface area contributed by atoms with Crippen LogP contribution in [-0.4, -0.2) is 19.3 Å². The third-order valence-electron chi connectivity index (χ3n) is 2.82. The van der Waals surface area contributed by atoms with Gasteiger partial charge in [0.2, 0.25) is 0 Å². The first kappa shape index (κ1) is 6.49. The van der Waals surface area contributed by atoms with Crippen molar-refractivity contribution in [2.45, 2.75) is 12.6 Å². The van der Waals surface area contributed by atoms with Crippen molar-refractivity contribution in [3.8, 4) is 0 Å². The number of hydrogen-bond donors (Lipinski definition) is 1. The lowest BCUT2D eigenvalue weighted by molar-refractivity contribution is 0.632. The molecular formula is C10H12N2. The van der Waals surface area contributed by atoms with E-state index in [0.717, 1.165) is 6.54 Å². The summed E-state index contributed by atoms with van der Waals surface area (Å²) in [5.41, 5.74) is 2.93. The minimum Gasteiger partial charge on any atom is -0.354 e. The van der Waals surface area contributed by atoms with Gasteiger partial charge in [-0.15, -0.1) is 0 Å². The predicted octanol–water partition coefficient (Wildman–Crippen LogP) is 0.978. The third kappa shape index (κ3) is 0.730. The zero-order valence-electron chi connectivity index (χ0n) is 6.96. The van der Waals surface area contributed by atoms with Crippen LogP contribution in [-0.2, 0) is 6.42 Å². The van der Waals surface area contributed by atoms with Crippen LogP contribution < -0.4 is 10.2 Å². The summed E-state index contributed by atoms with van der Waals surface area (Å²) >= 11 is 0. The molecule has 1 saturated heterocycles. The monoisotopic (exact) mass is 160 g/mol. The first-order valence-corrected chi connectivity index (χ1v) is 4.53. The highest BCUT2D eigenvalue weighted by Gasteiger charge is 2.31. The van der Waals surface area contributed by atoms with E-state index in [1.807, 2.05) is 0 Å². The minimum absolute atomic E-state index is 0.586. The van der Waals surface area contributed by atoms with Gasteiger partial charge in [0.25, 0.3) is 0 Å². The van der Waals surface area contributed by atoms with Crippen LogP contribution in [0.2, 0.25) is 0 Å². The zero-order valence-corrected chi connectivity index (χ0v) is 6.96. The molecule has 2 heteroatoms. The number of nitrogens with zero attached hydrogens (tertiary/aromatic N) is 1. The van der Waals surface area contributed by atoms with Gasteiger partial charge in [0.1, 0.15) is 0 Å². The van der Waals surface area contributed by atoms with Crippen molar-refractivity contribution in [1.82, 2.24) is 5.32 Å². The van der Waals surface area contributed by atoms with E-state index in [2.05, 4.69) is 34.5 Å². The Morgan fingerprint density at radius 2 is 2.25 bits per heavy atom. The summed E-state index contributed by atoms with van der Waals surface area (Å²) in [6.07, 6.45) is 1.76. The van der Waals surface area contributed by atoms with Gasteiger partial charge in [-0.2, -0.15) is 0 Å². The fraction of sp³-hybridized carbons (Fsp3) is 0.400. The van der Waals surface area contributed by atoms with Crippen molar-refractivity contribution in [1.29, 1.82) is 0 Å². The Morgan fingerprint density at radius 3 is 3.25 bits per heavy atom. The summed E-state index contributed by atoms with van der Waals surface area (Å²) in [6, 6.07) is 8.71. The average molecular weight is 160 g/mol. The second kappa shape index (κ2) is 2.23. The SMILES string of the molecule is c1ccc2c(c1)CC1NCCN21. The summed E-state index contributed by atoms with van der Waals surface area (Å²) in [5, 5.41) is 3.49. The first-order valence-electron chi connectivity index (χ1n) is 4.53. The van der Waals surface area contributed by atoms with Crippen molar-refractivity contribution >= 4 is 5.69 Å². The van der Waals surface area contributed by atoms with Gasteiger partial charge >= 0.3 is 0 Å². The van der Waals surface area contributed by atoms with Crippen LogP contribution in [0.15, 0.2) is 24.3 Å². The molecule has 0 amide bonds. The number of benzene rings is 1. The summed E-state index contributed by atoms with van der Waals surface area (Å²) in [5.74, 6) is 0. The van der Waals surface area contributed by atoms with E-state index >= 15 is 0 Å². The topological polar surface area (TPSA) is 15.3 Å². The predicted molar refractivity (Wildman–Crippen MR) is 49.3 cm³/mol. The lowest BCUT2D eigenvalue weighted by Crippen LogP contribution is -2.32. The molecule has 0 aliphatic carbocycles. The molecule has 1 unspecified atom stereocenters. The molecule has 12 heavy (non-hydrogen) atoms. The van der Waals surface area contributed by atoms with Gasteiger partial charge in [-0.25, -0.2) is 0 Å². The molecule has 1 aromatic rings. The highest BCUT2D eigenvalue weighted by atomic mass is 15.3. The fourth-order valence-corrected chi connectivity index (χ4v) is 2.26. The Balaban J connectivity index is 2.09. The Hall–Kier alpha value is -1.02. The van der Waals surface area contributed by atoms with Crippen molar-refractivity contribution in [3.05, 3.63) is 29.8 Å². The molecule has 62 valence electrons. The smallest absolute Gasteiger partial charge is 0.0838 e. The largest absolute Gasteiger partial charge is 0.354 e. The van der Waals surface area contributed by atoms with Crippen molar-refractivity contribution < 1.29 is 0 Å². The van der Waals surface area contributed by atoms with Crippen LogP contribution in [0.1, 0.15) is 5.56 Å². The number of fused-ring (bicyclic) bond motifs is 3. The van der Waals surface area contributed by atoms with E-state index in [-0.39, 0.29) is 0 Å². The van der Waals surface area contributed by atoms with Crippen LogP contribution in [0.4, 0.5) is 5.69 Å². The minimum atomic E-state index is 0.586. The normalized spacial score (nSPS) is 25.7. The van der Waals surface area contributed by atoms with Crippen LogP contribution in [0, 0.1) is 0 Å². The van der Waals surface area contributed by atoms with Gasteiger partial charge in [-0.05, 0) is 11.6 Å². The van der Waals surface area contributed by atoms with Crippen LogP contribution >= 0.6 is 0 Å². The zero-order chi connectivity index (χ0) is 7.97. The second-order valence-electron chi connectivity index (χ2n) is 3.50. The van der Waals surface area contributed by atoms with Gasteiger partial charge < -0.3 is 4.90 Å². The molecule has 0 saturated carbocycles. The highest BCUT2D eigenvalue weighted by Crippen LogP contribution is 2.32. The van der Waals surface area contributed by atoms with Crippen molar-refractivity contribution in [3.63, 3.8) is 0 Å². The lowest BCUT2D eigenvalue weighted by atomic mass is 10.1. The Labute approximate surface area is 72.2 Å². The Bertz CT molecular complexity index is 308. The molecule has 1 fully saturated rings. The fourth-order valence-electron chi connectivity index (χ4n) is 2.26. The molecule has 0 aromatic heterocycles. The second-order valence-corrected chi connectivity index (χ2v) is 3.50. The van der Waals surface area contributed by atoms with Gasteiger partial charge in [-0.1, -0.05) is 18.2 Å². The molecule has 0 radical (unpaired) electrons. The van der Waals surface area contributed by atoms with E-state index in [1.54, 1.807) is 0 Å². The molecule has 3 rings (SSSR count).